The van der Waals surface area contributed by atoms with Crippen LogP contribution in [-0.4, -0.2) is 19.1 Å². The Morgan fingerprint density at radius 3 is 2.48 bits per heavy atom. The van der Waals surface area contributed by atoms with Gasteiger partial charge in [0.1, 0.15) is 0 Å². The Morgan fingerprint density at radius 2 is 1.81 bits per heavy atom. The maximum absolute atomic E-state index is 12.7. The molecular formula is C15H11BrCl2N2O. The molecule has 0 saturated heterocycles. The average molecular weight is 386 g/mol. The molecule has 0 atom stereocenters. The molecule has 3 rings (SSSR count). The molecule has 0 amide bonds. The van der Waals surface area contributed by atoms with E-state index in [9.17, 15) is 4.79 Å². The standard InChI is InChI=1S/C15H11BrCl2N2O/c1-20(2)14-10(17)4-3-7-13(14)19-12-6-9(16)11(18)5-8(12)15(7)21/h3-6H,1-2H3,(H,19,21). The Hall–Kier alpha value is -1.23. The van der Waals surface area contributed by atoms with Gasteiger partial charge in [-0.3, -0.25) is 4.79 Å². The zero-order chi connectivity index (χ0) is 15.3. The number of hydrogen-bond donors (Lipinski definition) is 1. The van der Waals surface area contributed by atoms with Gasteiger partial charge < -0.3 is 9.88 Å². The smallest absolute Gasteiger partial charge is 0.197 e. The highest BCUT2D eigenvalue weighted by Crippen LogP contribution is 2.33. The average Bonchev–Trinajstić information content (AvgIpc) is 2.40. The van der Waals surface area contributed by atoms with E-state index in [1.165, 1.54) is 0 Å². The van der Waals surface area contributed by atoms with E-state index in [-0.39, 0.29) is 5.43 Å². The van der Waals surface area contributed by atoms with Crippen LogP contribution in [-0.2, 0) is 0 Å². The molecule has 1 N–H and O–H groups in total. The molecule has 0 saturated carbocycles. The summed E-state index contributed by atoms with van der Waals surface area (Å²) in [5, 5.41) is 2.25. The summed E-state index contributed by atoms with van der Waals surface area (Å²) in [6, 6.07) is 6.95. The van der Waals surface area contributed by atoms with Crippen molar-refractivity contribution in [1.82, 2.24) is 4.98 Å². The second kappa shape index (κ2) is 5.20. The molecule has 0 aliphatic rings. The number of rotatable bonds is 1. The molecule has 0 bridgehead atoms. The van der Waals surface area contributed by atoms with Crippen molar-refractivity contribution in [2.24, 2.45) is 0 Å². The van der Waals surface area contributed by atoms with Crippen molar-refractivity contribution in [1.29, 1.82) is 0 Å². The molecule has 0 fully saturated rings. The molecular weight excluding hydrogens is 375 g/mol. The van der Waals surface area contributed by atoms with Crippen LogP contribution in [0.15, 0.2) is 33.5 Å². The topological polar surface area (TPSA) is 36.1 Å². The van der Waals surface area contributed by atoms with Gasteiger partial charge in [0.15, 0.2) is 5.43 Å². The number of benzene rings is 2. The first kappa shape index (κ1) is 14.7. The summed E-state index contributed by atoms with van der Waals surface area (Å²) in [4.78, 5) is 17.9. The minimum absolute atomic E-state index is 0.0621. The largest absolute Gasteiger partial charge is 0.375 e. The van der Waals surface area contributed by atoms with Crippen molar-refractivity contribution < 1.29 is 0 Å². The van der Waals surface area contributed by atoms with Crippen LogP contribution >= 0.6 is 39.1 Å². The van der Waals surface area contributed by atoms with Crippen LogP contribution < -0.4 is 10.3 Å². The lowest BCUT2D eigenvalue weighted by Gasteiger charge is -2.17. The number of nitrogens with zero attached hydrogens (tertiary/aromatic N) is 1. The Bertz CT molecular complexity index is 934. The third kappa shape index (κ3) is 2.31. The van der Waals surface area contributed by atoms with Crippen LogP contribution in [0.1, 0.15) is 0 Å². The third-order valence-electron chi connectivity index (χ3n) is 3.39. The molecule has 0 aliphatic heterocycles. The lowest BCUT2D eigenvalue weighted by atomic mass is 10.1. The molecule has 1 aromatic heterocycles. The van der Waals surface area contributed by atoms with E-state index in [1.54, 1.807) is 24.3 Å². The maximum atomic E-state index is 12.7. The number of pyridine rings is 1. The Kier molecular flexibility index (Phi) is 3.64. The predicted molar refractivity (Wildman–Crippen MR) is 94.1 cm³/mol. The fourth-order valence-corrected chi connectivity index (χ4v) is 3.27. The first-order valence-corrected chi connectivity index (χ1v) is 7.75. The van der Waals surface area contributed by atoms with Crippen LogP contribution in [0.5, 0.6) is 0 Å². The molecule has 21 heavy (non-hydrogen) atoms. The summed E-state index contributed by atoms with van der Waals surface area (Å²) in [7, 11) is 3.78. The molecule has 0 aliphatic carbocycles. The molecule has 6 heteroatoms. The van der Waals surface area contributed by atoms with E-state index in [0.29, 0.717) is 26.3 Å². The van der Waals surface area contributed by atoms with Crippen LogP contribution in [0.2, 0.25) is 10.0 Å². The predicted octanol–water partition coefficient (Wildman–Crippen LogP) is 4.82. The van der Waals surface area contributed by atoms with Crippen molar-refractivity contribution in [2.45, 2.75) is 0 Å². The SMILES string of the molecule is CN(C)c1c(Cl)ccc2c(=O)c3cc(Cl)c(Br)cc3[nH]c12. The van der Waals surface area contributed by atoms with Gasteiger partial charge in [0.05, 0.1) is 26.8 Å². The van der Waals surface area contributed by atoms with Crippen LogP contribution in [0.25, 0.3) is 21.8 Å². The molecule has 0 unspecified atom stereocenters. The van der Waals surface area contributed by atoms with E-state index in [2.05, 4.69) is 20.9 Å². The Balaban J connectivity index is 2.57. The second-order valence-corrected chi connectivity index (χ2v) is 6.65. The monoisotopic (exact) mass is 384 g/mol. The van der Waals surface area contributed by atoms with Crippen molar-refractivity contribution in [3.63, 3.8) is 0 Å². The number of aromatic nitrogens is 1. The molecule has 0 radical (unpaired) electrons. The highest BCUT2D eigenvalue weighted by molar-refractivity contribution is 9.10. The zero-order valence-electron chi connectivity index (χ0n) is 11.3. The number of nitrogens with one attached hydrogen (secondary N) is 1. The van der Waals surface area contributed by atoms with Gasteiger partial charge in [0.25, 0.3) is 0 Å². The Labute approximate surface area is 139 Å². The number of anilines is 1. The van der Waals surface area contributed by atoms with E-state index >= 15 is 0 Å². The number of hydrogen-bond acceptors (Lipinski definition) is 2. The molecule has 3 nitrogen and oxygen atoms in total. The van der Waals surface area contributed by atoms with E-state index < -0.39 is 0 Å². The van der Waals surface area contributed by atoms with Gasteiger partial charge in [-0.15, -0.1) is 0 Å². The van der Waals surface area contributed by atoms with Crippen molar-refractivity contribution in [2.75, 3.05) is 19.0 Å². The van der Waals surface area contributed by atoms with E-state index in [4.69, 9.17) is 23.2 Å². The van der Waals surface area contributed by atoms with Crippen LogP contribution in [0.4, 0.5) is 5.69 Å². The summed E-state index contributed by atoms with van der Waals surface area (Å²) in [6.07, 6.45) is 0. The number of fused-ring (bicyclic) bond motifs is 2. The van der Waals surface area contributed by atoms with Crippen LogP contribution in [0, 0.1) is 0 Å². The van der Waals surface area contributed by atoms with Gasteiger partial charge >= 0.3 is 0 Å². The molecule has 0 spiro atoms. The van der Waals surface area contributed by atoms with Gasteiger partial charge in [-0.05, 0) is 40.2 Å². The fourth-order valence-electron chi connectivity index (χ4n) is 2.44. The highest BCUT2D eigenvalue weighted by atomic mass is 79.9. The number of halogens is 3. The normalized spacial score (nSPS) is 11.3. The molecule has 1 heterocycles. The summed E-state index contributed by atoms with van der Waals surface area (Å²) in [5.74, 6) is 0. The minimum Gasteiger partial charge on any atom is -0.375 e. The van der Waals surface area contributed by atoms with Gasteiger partial charge in [0, 0.05) is 29.3 Å². The molecule has 108 valence electrons. The van der Waals surface area contributed by atoms with Gasteiger partial charge in [-0.2, -0.15) is 0 Å². The van der Waals surface area contributed by atoms with E-state index in [0.717, 1.165) is 15.7 Å². The Morgan fingerprint density at radius 1 is 1.10 bits per heavy atom. The first-order valence-electron chi connectivity index (χ1n) is 6.20. The summed E-state index contributed by atoms with van der Waals surface area (Å²) in [5.41, 5.74) is 2.17. The van der Waals surface area contributed by atoms with Crippen molar-refractivity contribution in [3.05, 3.63) is 49.0 Å². The van der Waals surface area contributed by atoms with Crippen molar-refractivity contribution >= 4 is 66.6 Å². The van der Waals surface area contributed by atoms with Gasteiger partial charge in [0.2, 0.25) is 0 Å². The van der Waals surface area contributed by atoms with Gasteiger partial charge in [-0.1, -0.05) is 23.2 Å². The maximum Gasteiger partial charge on any atom is 0.197 e. The van der Waals surface area contributed by atoms with Gasteiger partial charge in [-0.25, -0.2) is 0 Å². The molecule has 2 aromatic carbocycles. The zero-order valence-corrected chi connectivity index (χ0v) is 14.4. The fraction of sp³-hybridized carbons (Fsp3) is 0.133. The third-order valence-corrected chi connectivity index (χ3v) is 4.89. The van der Waals surface area contributed by atoms with Crippen molar-refractivity contribution in [3.8, 4) is 0 Å². The second-order valence-electron chi connectivity index (χ2n) is 4.98. The summed E-state index contributed by atoms with van der Waals surface area (Å²) < 4.78 is 0.736. The van der Waals surface area contributed by atoms with E-state index in [1.807, 2.05) is 19.0 Å². The number of aromatic amines is 1. The van der Waals surface area contributed by atoms with Crippen LogP contribution in [0.3, 0.4) is 0 Å². The highest BCUT2D eigenvalue weighted by Gasteiger charge is 2.14. The number of H-pyrrole nitrogens is 1. The minimum atomic E-state index is -0.0621. The summed E-state index contributed by atoms with van der Waals surface area (Å²) in [6.45, 7) is 0. The lowest BCUT2D eigenvalue weighted by molar-refractivity contribution is 1.14. The first-order chi connectivity index (χ1) is 9.90. The summed E-state index contributed by atoms with van der Waals surface area (Å²) >= 11 is 15.7. The lowest BCUT2D eigenvalue weighted by Crippen LogP contribution is -2.13. The molecule has 3 aromatic rings. The quantitative estimate of drug-likeness (QED) is 0.609.